The summed E-state index contributed by atoms with van der Waals surface area (Å²) in [6.07, 6.45) is 0. The molecule has 0 aromatic heterocycles. The van der Waals surface area contributed by atoms with Crippen LogP contribution in [0.2, 0.25) is 5.02 Å². The first-order chi connectivity index (χ1) is 8.38. The average molecular weight is 268 g/mol. The zero-order valence-electron chi connectivity index (χ0n) is 10.7. The van der Waals surface area contributed by atoms with E-state index < -0.39 is 0 Å². The topological polar surface area (TPSA) is 88.8 Å². The van der Waals surface area contributed by atoms with Gasteiger partial charge in [0.15, 0.2) is 0 Å². The Morgan fingerprint density at radius 2 is 2.00 bits per heavy atom. The molecule has 18 heavy (non-hydrogen) atoms. The Hall–Kier alpha value is -1.75. The van der Waals surface area contributed by atoms with Crippen molar-refractivity contribution in [2.75, 3.05) is 5.32 Å². The molecule has 0 aliphatic carbocycles. The van der Waals surface area contributed by atoms with Gasteiger partial charge in [0.25, 0.3) is 0 Å². The Bertz CT molecular complexity index is 479. The van der Waals surface area contributed by atoms with E-state index in [0.717, 1.165) is 11.3 Å². The van der Waals surface area contributed by atoms with E-state index in [-0.39, 0.29) is 18.0 Å². The normalized spacial score (nSPS) is 12.9. The maximum Gasteiger partial charge on any atom is 0.218 e. The lowest BCUT2D eigenvalue weighted by Crippen LogP contribution is -2.26. The number of hydrogen-bond acceptors (Lipinski definition) is 1. The van der Waals surface area contributed by atoms with Gasteiger partial charge in [-0.1, -0.05) is 11.6 Å². The smallest absolute Gasteiger partial charge is 0.218 e. The number of benzene rings is 1. The van der Waals surface area contributed by atoms with Crippen molar-refractivity contribution in [3.8, 4) is 0 Å². The number of aryl methyl sites for hydroxylation is 1. The van der Waals surface area contributed by atoms with Crippen LogP contribution < -0.4 is 16.8 Å². The molecule has 98 valence electrons. The SMILES string of the molecule is Cc1cc(Cl)ccc1N/C(N)=N/C(N)=NC(C)C. The molecule has 0 bridgehead atoms. The number of nitrogens with zero attached hydrogens (tertiary/aromatic N) is 2. The molecule has 0 atom stereocenters. The van der Waals surface area contributed by atoms with E-state index in [9.17, 15) is 0 Å². The van der Waals surface area contributed by atoms with Crippen LogP contribution >= 0.6 is 11.6 Å². The van der Waals surface area contributed by atoms with Gasteiger partial charge in [0.05, 0.1) is 0 Å². The minimum absolute atomic E-state index is 0.0822. The highest BCUT2D eigenvalue weighted by molar-refractivity contribution is 6.30. The van der Waals surface area contributed by atoms with Crippen LogP contribution in [0.15, 0.2) is 28.2 Å². The molecule has 5 nitrogen and oxygen atoms in total. The first kappa shape index (κ1) is 14.3. The zero-order valence-corrected chi connectivity index (χ0v) is 11.5. The maximum absolute atomic E-state index is 5.87. The van der Waals surface area contributed by atoms with E-state index >= 15 is 0 Å². The van der Waals surface area contributed by atoms with E-state index in [1.165, 1.54) is 0 Å². The van der Waals surface area contributed by atoms with Gasteiger partial charge in [-0.25, -0.2) is 4.99 Å². The molecule has 0 saturated carbocycles. The molecule has 6 heteroatoms. The second kappa shape index (κ2) is 6.26. The molecule has 0 aliphatic heterocycles. The van der Waals surface area contributed by atoms with E-state index in [2.05, 4.69) is 15.3 Å². The molecular formula is C12H18ClN5. The zero-order chi connectivity index (χ0) is 13.7. The van der Waals surface area contributed by atoms with Crippen LogP contribution in [-0.4, -0.2) is 18.0 Å². The summed E-state index contributed by atoms with van der Waals surface area (Å²) in [5.41, 5.74) is 13.2. The van der Waals surface area contributed by atoms with Crippen molar-refractivity contribution in [1.29, 1.82) is 0 Å². The Morgan fingerprint density at radius 1 is 1.33 bits per heavy atom. The van der Waals surface area contributed by atoms with Gasteiger partial charge in [0.2, 0.25) is 11.9 Å². The van der Waals surface area contributed by atoms with Crippen LogP contribution in [0.25, 0.3) is 0 Å². The van der Waals surface area contributed by atoms with Crippen LogP contribution in [0, 0.1) is 6.92 Å². The van der Waals surface area contributed by atoms with Gasteiger partial charge >= 0.3 is 0 Å². The summed E-state index contributed by atoms with van der Waals surface area (Å²) in [7, 11) is 0. The highest BCUT2D eigenvalue weighted by atomic mass is 35.5. The van der Waals surface area contributed by atoms with Crippen LogP contribution in [0.3, 0.4) is 0 Å². The van der Waals surface area contributed by atoms with Crippen molar-refractivity contribution in [1.82, 2.24) is 0 Å². The molecule has 1 aromatic rings. The summed E-state index contributed by atoms with van der Waals surface area (Å²) >= 11 is 5.87. The van der Waals surface area contributed by atoms with Crippen molar-refractivity contribution in [2.45, 2.75) is 26.8 Å². The summed E-state index contributed by atoms with van der Waals surface area (Å²) < 4.78 is 0. The number of guanidine groups is 2. The lowest BCUT2D eigenvalue weighted by Gasteiger charge is -2.09. The van der Waals surface area contributed by atoms with Gasteiger partial charge in [-0.2, -0.15) is 4.99 Å². The molecule has 0 saturated heterocycles. The van der Waals surface area contributed by atoms with Crippen molar-refractivity contribution < 1.29 is 0 Å². The molecule has 0 fully saturated rings. The molecule has 0 spiro atoms. The third-order valence-corrected chi connectivity index (χ3v) is 2.31. The van der Waals surface area contributed by atoms with Crippen LogP contribution in [0.1, 0.15) is 19.4 Å². The fraction of sp³-hybridized carbons (Fsp3) is 0.333. The maximum atomic E-state index is 5.87. The first-order valence-corrected chi connectivity index (χ1v) is 5.97. The summed E-state index contributed by atoms with van der Waals surface area (Å²) in [4.78, 5) is 8.02. The molecule has 1 rings (SSSR count). The highest BCUT2D eigenvalue weighted by Gasteiger charge is 2.01. The summed E-state index contributed by atoms with van der Waals surface area (Å²) in [5.74, 6) is 0.351. The summed E-state index contributed by atoms with van der Waals surface area (Å²) in [5, 5.41) is 3.63. The number of rotatable bonds is 2. The number of aliphatic imine (C=N–C) groups is 2. The number of halogens is 1. The lowest BCUT2D eigenvalue weighted by atomic mass is 10.2. The van der Waals surface area contributed by atoms with Crippen molar-refractivity contribution in [3.05, 3.63) is 28.8 Å². The largest absolute Gasteiger partial charge is 0.369 e. The number of nitrogens with one attached hydrogen (secondary N) is 1. The predicted molar refractivity (Wildman–Crippen MR) is 78.2 cm³/mol. The van der Waals surface area contributed by atoms with Crippen LogP contribution in [0.5, 0.6) is 0 Å². The van der Waals surface area contributed by atoms with Crippen LogP contribution in [0.4, 0.5) is 5.69 Å². The van der Waals surface area contributed by atoms with E-state index in [1.807, 2.05) is 32.9 Å². The number of anilines is 1. The molecule has 0 unspecified atom stereocenters. The third kappa shape index (κ3) is 4.63. The molecule has 0 aliphatic rings. The number of nitrogens with two attached hydrogens (primary N) is 2. The Morgan fingerprint density at radius 3 is 2.56 bits per heavy atom. The molecule has 1 aromatic carbocycles. The van der Waals surface area contributed by atoms with Crippen LogP contribution in [-0.2, 0) is 0 Å². The fourth-order valence-electron chi connectivity index (χ4n) is 1.35. The van der Waals surface area contributed by atoms with Crippen molar-refractivity contribution >= 4 is 29.2 Å². The lowest BCUT2D eigenvalue weighted by molar-refractivity contribution is 0.831. The minimum Gasteiger partial charge on any atom is -0.369 e. The fourth-order valence-corrected chi connectivity index (χ4v) is 1.58. The van der Waals surface area contributed by atoms with Gasteiger partial charge in [-0.3, -0.25) is 0 Å². The van der Waals surface area contributed by atoms with Gasteiger partial charge < -0.3 is 16.8 Å². The monoisotopic (exact) mass is 267 g/mol. The summed E-state index contributed by atoms with van der Waals surface area (Å²) in [6, 6.07) is 5.52. The van der Waals surface area contributed by atoms with Gasteiger partial charge in [-0.15, -0.1) is 0 Å². The molecule has 5 N–H and O–H groups in total. The Kier molecular flexibility index (Phi) is 4.97. The second-order valence-electron chi connectivity index (χ2n) is 4.16. The summed E-state index contributed by atoms with van der Waals surface area (Å²) in [6.45, 7) is 5.75. The second-order valence-corrected chi connectivity index (χ2v) is 4.60. The minimum atomic E-state index is 0.0822. The first-order valence-electron chi connectivity index (χ1n) is 5.59. The quantitative estimate of drug-likeness (QED) is 0.566. The van der Waals surface area contributed by atoms with Gasteiger partial charge in [0, 0.05) is 16.8 Å². The predicted octanol–water partition coefficient (Wildman–Crippen LogP) is 2.10. The molecule has 0 amide bonds. The van der Waals surface area contributed by atoms with E-state index in [0.29, 0.717) is 5.02 Å². The van der Waals surface area contributed by atoms with Crippen molar-refractivity contribution in [2.24, 2.45) is 21.5 Å². The molecule has 0 heterocycles. The molecular weight excluding hydrogens is 250 g/mol. The molecule has 0 radical (unpaired) electrons. The van der Waals surface area contributed by atoms with E-state index in [1.54, 1.807) is 6.07 Å². The standard InChI is InChI=1S/C12H18ClN5/c1-7(2)16-11(14)18-12(15)17-10-5-4-9(13)6-8(10)3/h4-7H,1-3H3,(H5,14,15,16,17,18). The Balaban J connectivity index is 2.81. The van der Waals surface area contributed by atoms with Gasteiger partial charge in [0.1, 0.15) is 0 Å². The number of hydrogen-bond donors (Lipinski definition) is 3. The van der Waals surface area contributed by atoms with Crippen molar-refractivity contribution in [3.63, 3.8) is 0 Å². The van der Waals surface area contributed by atoms with Gasteiger partial charge in [-0.05, 0) is 44.5 Å². The van der Waals surface area contributed by atoms with E-state index in [4.69, 9.17) is 23.1 Å². The Labute approximate surface area is 112 Å². The average Bonchev–Trinajstić information content (AvgIpc) is 2.20. The highest BCUT2D eigenvalue weighted by Crippen LogP contribution is 2.19. The third-order valence-electron chi connectivity index (χ3n) is 2.08.